The molecule has 1 heterocycles. The smallest absolute Gasteiger partial charge is 0.227 e. The largest absolute Gasteiger partial charge is 0.392 e. The van der Waals surface area contributed by atoms with Crippen LogP contribution in [0.2, 0.25) is 0 Å². The minimum absolute atomic E-state index is 0.0296. The molecule has 1 aromatic rings. The third-order valence-electron chi connectivity index (χ3n) is 2.96. The first-order valence-corrected chi connectivity index (χ1v) is 5.41. The summed E-state index contributed by atoms with van der Waals surface area (Å²) in [5, 5.41) is 8.92. The second-order valence-corrected chi connectivity index (χ2v) is 4.13. The van der Waals surface area contributed by atoms with Crippen LogP contribution in [-0.4, -0.2) is 23.5 Å². The number of amides is 2. The van der Waals surface area contributed by atoms with E-state index in [9.17, 15) is 9.59 Å². The Bertz CT molecular complexity index is 442. The maximum Gasteiger partial charge on any atom is 0.227 e. The van der Waals surface area contributed by atoms with Crippen LogP contribution in [0.25, 0.3) is 0 Å². The summed E-state index contributed by atoms with van der Waals surface area (Å²) in [5.41, 5.74) is 6.71. The Morgan fingerprint density at radius 3 is 2.53 bits per heavy atom. The molecule has 17 heavy (non-hydrogen) atoms. The van der Waals surface area contributed by atoms with Gasteiger partial charge in [-0.25, -0.2) is 0 Å². The van der Waals surface area contributed by atoms with Crippen molar-refractivity contribution in [3.05, 3.63) is 29.8 Å². The van der Waals surface area contributed by atoms with Crippen LogP contribution in [0.3, 0.4) is 0 Å². The van der Waals surface area contributed by atoms with E-state index >= 15 is 0 Å². The highest BCUT2D eigenvalue weighted by Gasteiger charge is 2.33. The molecular formula is C12H14N2O3. The van der Waals surface area contributed by atoms with Gasteiger partial charge in [0.05, 0.1) is 12.5 Å². The SMILES string of the molecule is NC(=O)C1CC(=O)N(c2ccc(CO)cc2)C1. The molecule has 1 unspecified atom stereocenters. The van der Waals surface area contributed by atoms with Crippen molar-refractivity contribution in [1.29, 1.82) is 0 Å². The van der Waals surface area contributed by atoms with Gasteiger partial charge in [-0.1, -0.05) is 12.1 Å². The van der Waals surface area contributed by atoms with E-state index in [1.807, 2.05) is 0 Å². The van der Waals surface area contributed by atoms with E-state index in [-0.39, 0.29) is 18.9 Å². The third kappa shape index (κ3) is 2.29. The summed E-state index contributed by atoms with van der Waals surface area (Å²) in [6, 6.07) is 7.01. The number of primary amides is 1. The molecular weight excluding hydrogens is 220 g/mol. The fourth-order valence-corrected chi connectivity index (χ4v) is 1.93. The molecule has 5 nitrogen and oxygen atoms in total. The van der Waals surface area contributed by atoms with Gasteiger partial charge in [0.1, 0.15) is 0 Å². The van der Waals surface area contributed by atoms with E-state index < -0.39 is 11.8 Å². The molecule has 1 aliphatic heterocycles. The Hall–Kier alpha value is -1.88. The molecule has 0 aliphatic carbocycles. The maximum atomic E-state index is 11.7. The maximum absolute atomic E-state index is 11.7. The average molecular weight is 234 g/mol. The quantitative estimate of drug-likeness (QED) is 0.773. The molecule has 0 spiro atoms. The molecule has 1 fully saturated rings. The highest BCUT2D eigenvalue weighted by molar-refractivity contribution is 6.00. The summed E-state index contributed by atoms with van der Waals surface area (Å²) in [6.07, 6.45) is 0.178. The van der Waals surface area contributed by atoms with Gasteiger partial charge in [0.15, 0.2) is 0 Å². The van der Waals surface area contributed by atoms with Crippen molar-refractivity contribution in [1.82, 2.24) is 0 Å². The predicted molar refractivity (Wildman–Crippen MR) is 62.0 cm³/mol. The Morgan fingerprint density at radius 1 is 1.41 bits per heavy atom. The number of nitrogens with zero attached hydrogens (tertiary/aromatic N) is 1. The van der Waals surface area contributed by atoms with Gasteiger partial charge < -0.3 is 15.7 Å². The molecule has 1 atom stereocenters. The van der Waals surface area contributed by atoms with E-state index in [1.165, 1.54) is 0 Å². The fraction of sp³-hybridized carbons (Fsp3) is 0.333. The van der Waals surface area contributed by atoms with E-state index in [0.29, 0.717) is 6.54 Å². The number of nitrogens with two attached hydrogens (primary N) is 1. The number of aliphatic hydroxyl groups is 1. The van der Waals surface area contributed by atoms with Gasteiger partial charge >= 0.3 is 0 Å². The Labute approximate surface area is 98.8 Å². The normalized spacial score (nSPS) is 19.7. The van der Waals surface area contributed by atoms with Crippen molar-refractivity contribution in [3.63, 3.8) is 0 Å². The fourth-order valence-electron chi connectivity index (χ4n) is 1.93. The van der Waals surface area contributed by atoms with Crippen LogP contribution in [0.5, 0.6) is 0 Å². The van der Waals surface area contributed by atoms with Gasteiger partial charge in [0, 0.05) is 18.7 Å². The molecule has 3 N–H and O–H groups in total. The van der Waals surface area contributed by atoms with Crippen LogP contribution < -0.4 is 10.6 Å². The number of rotatable bonds is 3. The molecule has 0 radical (unpaired) electrons. The van der Waals surface area contributed by atoms with Crippen molar-refractivity contribution in [3.8, 4) is 0 Å². The van der Waals surface area contributed by atoms with Gasteiger partial charge in [0.2, 0.25) is 11.8 Å². The van der Waals surface area contributed by atoms with Gasteiger partial charge in [0.25, 0.3) is 0 Å². The lowest BCUT2D eigenvalue weighted by atomic mass is 10.1. The van der Waals surface area contributed by atoms with Gasteiger partial charge in [-0.15, -0.1) is 0 Å². The standard InChI is InChI=1S/C12H14N2O3/c13-12(17)9-5-11(16)14(6-9)10-3-1-8(7-15)2-4-10/h1-4,9,15H,5-7H2,(H2,13,17). The zero-order valence-corrected chi connectivity index (χ0v) is 9.30. The van der Waals surface area contributed by atoms with Crippen molar-refractivity contribution < 1.29 is 14.7 Å². The Morgan fingerprint density at radius 2 is 2.06 bits per heavy atom. The molecule has 1 aliphatic rings. The van der Waals surface area contributed by atoms with E-state index in [1.54, 1.807) is 29.2 Å². The number of aliphatic hydroxyl groups excluding tert-OH is 1. The highest BCUT2D eigenvalue weighted by Crippen LogP contribution is 2.25. The number of hydrogen-bond donors (Lipinski definition) is 2. The number of carbonyl (C=O) groups is 2. The van der Waals surface area contributed by atoms with Crippen LogP contribution in [0.1, 0.15) is 12.0 Å². The van der Waals surface area contributed by atoms with Crippen molar-refractivity contribution >= 4 is 17.5 Å². The summed E-state index contributed by atoms with van der Waals surface area (Å²) >= 11 is 0. The van der Waals surface area contributed by atoms with Crippen LogP contribution in [0, 0.1) is 5.92 Å². The highest BCUT2D eigenvalue weighted by atomic mass is 16.3. The van der Waals surface area contributed by atoms with E-state index in [0.717, 1.165) is 11.3 Å². The lowest BCUT2D eigenvalue weighted by Gasteiger charge is -2.16. The van der Waals surface area contributed by atoms with Crippen LogP contribution in [0.4, 0.5) is 5.69 Å². The van der Waals surface area contributed by atoms with Crippen molar-refractivity contribution in [2.75, 3.05) is 11.4 Å². The summed E-state index contributed by atoms with van der Waals surface area (Å²) in [7, 11) is 0. The van der Waals surface area contributed by atoms with Gasteiger partial charge in [-0.3, -0.25) is 9.59 Å². The van der Waals surface area contributed by atoms with Crippen LogP contribution >= 0.6 is 0 Å². The number of anilines is 1. The number of benzene rings is 1. The van der Waals surface area contributed by atoms with Crippen LogP contribution in [-0.2, 0) is 16.2 Å². The second kappa shape index (κ2) is 4.55. The van der Waals surface area contributed by atoms with Crippen LogP contribution in [0.15, 0.2) is 24.3 Å². The lowest BCUT2D eigenvalue weighted by molar-refractivity contribution is -0.123. The summed E-state index contributed by atoms with van der Waals surface area (Å²) < 4.78 is 0. The molecule has 0 aromatic heterocycles. The molecule has 90 valence electrons. The van der Waals surface area contributed by atoms with E-state index in [4.69, 9.17) is 10.8 Å². The molecule has 0 saturated carbocycles. The molecule has 5 heteroatoms. The first-order valence-electron chi connectivity index (χ1n) is 5.41. The summed E-state index contributed by atoms with van der Waals surface area (Å²) in [6.45, 7) is 0.310. The second-order valence-electron chi connectivity index (χ2n) is 4.13. The molecule has 0 bridgehead atoms. The summed E-state index contributed by atoms with van der Waals surface area (Å²) in [5.74, 6) is -0.932. The van der Waals surface area contributed by atoms with Gasteiger partial charge in [-0.05, 0) is 17.7 Å². The lowest BCUT2D eigenvalue weighted by Crippen LogP contribution is -2.28. The minimum Gasteiger partial charge on any atom is -0.392 e. The number of carbonyl (C=O) groups excluding carboxylic acids is 2. The molecule has 1 saturated heterocycles. The predicted octanol–water partition coefficient (Wildman–Crippen LogP) is 0.0171. The third-order valence-corrected chi connectivity index (χ3v) is 2.96. The Kier molecular flexibility index (Phi) is 3.10. The average Bonchev–Trinajstić information content (AvgIpc) is 2.72. The first-order chi connectivity index (χ1) is 8.11. The zero-order valence-electron chi connectivity index (χ0n) is 9.30. The zero-order chi connectivity index (χ0) is 12.4. The van der Waals surface area contributed by atoms with Crippen molar-refractivity contribution in [2.24, 2.45) is 11.7 Å². The monoisotopic (exact) mass is 234 g/mol. The molecule has 2 rings (SSSR count). The minimum atomic E-state index is -0.437. The van der Waals surface area contributed by atoms with Gasteiger partial charge in [-0.2, -0.15) is 0 Å². The Balaban J connectivity index is 2.17. The molecule has 1 aromatic carbocycles. The topological polar surface area (TPSA) is 83.6 Å². The van der Waals surface area contributed by atoms with E-state index in [2.05, 4.69) is 0 Å². The first kappa shape index (κ1) is 11.6. The summed E-state index contributed by atoms with van der Waals surface area (Å²) in [4.78, 5) is 24.3. The number of hydrogen-bond acceptors (Lipinski definition) is 3. The molecule has 2 amide bonds. The van der Waals surface area contributed by atoms with Crippen molar-refractivity contribution in [2.45, 2.75) is 13.0 Å².